The van der Waals surface area contributed by atoms with Crippen LogP contribution in [0.5, 0.6) is 0 Å². The highest BCUT2D eigenvalue weighted by atomic mass is 16.2. The van der Waals surface area contributed by atoms with E-state index in [1.165, 1.54) is 11.1 Å². The molecule has 0 bridgehead atoms. The van der Waals surface area contributed by atoms with Crippen molar-refractivity contribution in [3.8, 4) is 0 Å². The van der Waals surface area contributed by atoms with Gasteiger partial charge in [-0.2, -0.15) is 5.10 Å². The Morgan fingerprint density at radius 2 is 1.82 bits per heavy atom. The standard InChI is InChI=1S/C23H20N4O/c28-23(26-12-6-10-18-9-4-5-11-21(18)26)20-13-19-15-25-27(22(19)24-14-20)16-17-7-2-1-3-8-17/h1-5,7-9,11,13-15H,6,10,12,16H2. The molecule has 0 radical (unpaired) electrons. The molecule has 0 saturated heterocycles. The van der Waals surface area contributed by atoms with Gasteiger partial charge in [0, 0.05) is 23.8 Å². The number of rotatable bonds is 3. The van der Waals surface area contributed by atoms with Gasteiger partial charge in [0.15, 0.2) is 5.65 Å². The first-order chi connectivity index (χ1) is 13.8. The molecule has 1 aliphatic rings. The molecule has 28 heavy (non-hydrogen) atoms. The van der Waals surface area contributed by atoms with E-state index in [9.17, 15) is 4.79 Å². The molecule has 5 nitrogen and oxygen atoms in total. The molecule has 2 aromatic carbocycles. The summed E-state index contributed by atoms with van der Waals surface area (Å²) in [7, 11) is 0. The summed E-state index contributed by atoms with van der Waals surface area (Å²) in [5.74, 6) is -0.00245. The molecule has 3 heterocycles. The highest BCUT2D eigenvalue weighted by Crippen LogP contribution is 2.28. The summed E-state index contributed by atoms with van der Waals surface area (Å²) in [6.45, 7) is 1.39. The minimum atomic E-state index is -0.00245. The van der Waals surface area contributed by atoms with Crippen molar-refractivity contribution in [2.45, 2.75) is 19.4 Å². The molecule has 0 unspecified atom stereocenters. The first kappa shape index (κ1) is 16.7. The van der Waals surface area contributed by atoms with Gasteiger partial charge in [0.05, 0.1) is 18.3 Å². The zero-order valence-electron chi connectivity index (χ0n) is 15.5. The molecule has 0 spiro atoms. The molecule has 2 aromatic heterocycles. The van der Waals surface area contributed by atoms with Gasteiger partial charge in [0.2, 0.25) is 0 Å². The third-order valence-electron chi connectivity index (χ3n) is 5.25. The van der Waals surface area contributed by atoms with Gasteiger partial charge in [-0.1, -0.05) is 48.5 Å². The topological polar surface area (TPSA) is 51.0 Å². The molecule has 0 N–H and O–H groups in total. The number of para-hydroxylation sites is 1. The monoisotopic (exact) mass is 368 g/mol. The summed E-state index contributed by atoms with van der Waals surface area (Å²) in [5, 5.41) is 5.35. The number of benzene rings is 2. The average molecular weight is 368 g/mol. The summed E-state index contributed by atoms with van der Waals surface area (Å²) < 4.78 is 1.87. The van der Waals surface area contributed by atoms with Gasteiger partial charge in [-0.15, -0.1) is 0 Å². The molecule has 0 saturated carbocycles. The van der Waals surface area contributed by atoms with Gasteiger partial charge >= 0.3 is 0 Å². The number of nitrogens with zero attached hydrogens (tertiary/aromatic N) is 4. The summed E-state index contributed by atoms with van der Waals surface area (Å²) in [4.78, 5) is 19.6. The second-order valence-electron chi connectivity index (χ2n) is 7.11. The molecule has 138 valence electrons. The Morgan fingerprint density at radius 1 is 1.00 bits per heavy atom. The third kappa shape index (κ3) is 2.95. The van der Waals surface area contributed by atoms with E-state index in [1.807, 2.05) is 52.0 Å². The van der Waals surface area contributed by atoms with Crippen LogP contribution in [-0.4, -0.2) is 27.2 Å². The van der Waals surface area contributed by atoms with E-state index in [2.05, 4.69) is 28.3 Å². The van der Waals surface area contributed by atoms with Crippen LogP contribution < -0.4 is 4.90 Å². The van der Waals surface area contributed by atoms with Crippen LogP contribution in [-0.2, 0) is 13.0 Å². The Hall–Kier alpha value is -3.47. The zero-order chi connectivity index (χ0) is 18.9. The van der Waals surface area contributed by atoms with Crippen molar-refractivity contribution in [3.05, 3.63) is 89.7 Å². The number of hydrogen-bond donors (Lipinski definition) is 0. The van der Waals surface area contributed by atoms with Gasteiger partial charge in [-0.05, 0) is 36.1 Å². The van der Waals surface area contributed by atoms with Gasteiger partial charge in [0.25, 0.3) is 5.91 Å². The first-order valence-electron chi connectivity index (χ1n) is 9.55. The number of aromatic nitrogens is 3. The van der Waals surface area contributed by atoms with Gasteiger partial charge < -0.3 is 4.90 Å². The first-order valence-corrected chi connectivity index (χ1v) is 9.55. The fourth-order valence-electron chi connectivity index (χ4n) is 3.86. The number of carbonyl (C=O) groups is 1. The van der Waals surface area contributed by atoms with Crippen molar-refractivity contribution in [2.24, 2.45) is 0 Å². The van der Waals surface area contributed by atoms with E-state index < -0.39 is 0 Å². The molecular weight excluding hydrogens is 348 g/mol. The number of aryl methyl sites for hydroxylation is 1. The third-order valence-corrected chi connectivity index (χ3v) is 5.25. The summed E-state index contributed by atoms with van der Waals surface area (Å²) in [6, 6.07) is 20.2. The molecule has 1 aliphatic heterocycles. The quantitative estimate of drug-likeness (QED) is 0.548. The fraction of sp³-hybridized carbons (Fsp3) is 0.174. The minimum Gasteiger partial charge on any atom is -0.308 e. The van der Waals surface area contributed by atoms with Crippen LogP contribution in [0.25, 0.3) is 11.0 Å². The van der Waals surface area contributed by atoms with Crippen LogP contribution >= 0.6 is 0 Å². The maximum Gasteiger partial charge on any atom is 0.259 e. The number of carbonyl (C=O) groups excluding carboxylic acids is 1. The Kier molecular flexibility index (Phi) is 4.13. The Balaban J connectivity index is 1.45. The number of hydrogen-bond acceptors (Lipinski definition) is 3. The summed E-state index contributed by atoms with van der Waals surface area (Å²) in [6.07, 6.45) is 5.45. The zero-order valence-corrected chi connectivity index (χ0v) is 15.5. The highest BCUT2D eigenvalue weighted by Gasteiger charge is 2.24. The van der Waals surface area contributed by atoms with Crippen LogP contribution in [0.2, 0.25) is 0 Å². The lowest BCUT2D eigenvalue weighted by Gasteiger charge is -2.29. The van der Waals surface area contributed by atoms with Crippen LogP contribution in [0.1, 0.15) is 27.9 Å². The lowest BCUT2D eigenvalue weighted by Crippen LogP contribution is -2.35. The van der Waals surface area contributed by atoms with Crippen molar-refractivity contribution in [2.75, 3.05) is 11.4 Å². The molecule has 0 aliphatic carbocycles. The molecule has 1 amide bonds. The summed E-state index contributed by atoms with van der Waals surface area (Å²) >= 11 is 0. The van der Waals surface area contributed by atoms with Gasteiger partial charge in [-0.25, -0.2) is 9.67 Å². The number of fused-ring (bicyclic) bond motifs is 2. The second-order valence-corrected chi connectivity index (χ2v) is 7.11. The van der Waals surface area contributed by atoms with E-state index in [4.69, 9.17) is 0 Å². The summed E-state index contributed by atoms with van der Waals surface area (Å²) in [5.41, 5.74) is 4.80. The molecule has 4 aromatic rings. The van der Waals surface area contributed by atoms with E-state index in [0.717, 1.165) is 36.1 Å². The fourth-order valence-corrected chi connectivity index (χ4v) is 3.86. The van der Waals surface area contributed by atoms with Crippen LogP contribution in [0.15, 0.2) is 73.1 Å². The Labute approximate surface area is 163 Å². The van der Waals surface area contributed by atoms with Gasteiger partial charge in [0.1, 0.15) is 0 Å². The molecule has 0 fully saturated rings. The lowest BCUT2D eigenvalue weighted by atomic mass is 10.0. The van der Waals surface area contributed by atoms with Crippen molar-refractivity contribution in [3.63, 3.8) is 0 Å². The van der Waals surface area contributed by atoms with Gasteiger partial charge in [-0.3, -0.25) is 4.79 Å². The second kappa shape index (κ2) is 6.93. The predicted octanol–water partition coefficient (Wildman–Crippen LogP) is 4.07. The maximum absolute atomic E-state index is 13.2. The number of anilines is 1. The van der Waals surface area contributed by atoms with Crippen LogP contribution in [0.4, 0.5) is 5.69 Å². The van der Waals surface area contributed by atoms with Crippen molar-refractivity contribution < 1.29 is 4.79 Å². The number of amides is 1. The predicted molar refractivity (Wildman–Crippen MR) is 110 cm³/mol. The Morgan fingerprint density at radius 3 is 2.71 bits per heavy atom. The van der Waals surface area contributed by atoms with E-state index in [0.29, 0.717) is 12.1 Å². The van der Waals surface area contributed by atoms with Crippen LogP contribution in [0.3, 0.4) is 0 Å². The smallest absolute Gasteiger partial charge is 0.259 e. The average Bonchev–Trinajstić information content (AvgIpc) is 3.15. The SMILES string of the molecule is O=C(c1cnc2c(cnn2Cc2ccccc2)c1)N1CCCc2ccccc21. The molecule has 5 heteroatoms. The largest absolute Gasteiger partial charge is 0.308 e. The van der Waals surface area contributed by atoms with E-state index >= 15 is 0 Å². The van der Waals surface area contributed by atoms with Crippen molar-refractivity contribution >= 4 is 22.6 Å². The molecule has 0 atom stereocenters. The lowest BCUT2D eigenvalue weighted by molar-refractivity contribution is 0.0985. The van der Waals surface area contributed by atoms with Crippen molar-refractivity contribution in [1.29, 1.82) is 0 Å². The number of pyridine rings is 1. The normalized spacial score (nSPS) is 13.5. The molecule has 5 rings (SSSR count). The molecular formula is C23H20N4O. The van der Waals surface area contributed by atoms with Crippen molar-refractivity contribution in [1.82, 2.24) is 14.8 Å². The van der Waals surface area contributed by atoms with E-state index in [-0.39, 0.29) is 5.91 Å². The minimum absolute atomic E-state index is 0.00245. The maximum atomic E-state index is 13.2. The van der Waals surface area contributed by atoms with E-state index in [1.54, 1.807) is 12.4 Å². The Bertz CT molecular complexity index is 1150. The van der Waals surface area contributed by atoms with Crippen LogP contribution in [0, 0.1) is 0 Å². The highest BCUT2D eigenvalue weighted by molar-refractivity contribution is 6.07.